The number of rotatable bonds is 6. The van der Waals surface area contributed by atoms with Gasteiger partial charge in [0, 0.05) is 17.6 Å². The van der Waals surface area contributed by atoms with Crippen molar-refractivity contribution in [3.63, 3.8) is 0 Å². The molecule has 6 nitrogen and oxygen atoms in total. The van der Waals surface area contributed by atoms with E-state index in [4.69, 9.17) is 0 Å². The number of imide groups is 2. The van der Waals surface area contributed by atoms with E-state index < -0.39 is 17.8 Å². The first-order valence-corrected chi connectivity index (χ1v) is 8.19. The van der Waals surface area contributed by atoms with Crippen molar-refractivity contribution in [2.75, 3.05) is 20.3 Å². The van der Waals surface area contributed by atoms with Gasteiger partial charge >= 0.3 is 17.8 Å². The Bertz CT molecular complexity index is 616. The van der Waals surface area contributed by atoms with E-state index in [2.05, 4.69) is 15.9 Å². The topological polar surface area (TPSA) is 60.9 Å². The average Bonchev–Trinajstić information content (AvgIpc) is 2.67. The Balaban J connectivity index is 2.01. The summed E-state index contributed by atoms with van der Waals surface area (Å²) in [6.07, 6.45) is 0. The zero-order chi connectivity index (χ0) is 17.1. The molecule has 1 aromatic carbocycles. The molecule has 0 N–H and O–H groups in total. The second kappa shape index (κ2) is 7.23. The Kier molecular flexibility index (Phi) is 5.54. The van der Waals surface area contributed by atoms with Crippen molar-refractivity contribution in [3.05, 3.63) is 34.3 Å². The Labute approximate surface area is 144 Å². The molecule has 4 amide bonds. The molecule has 7 heteroatoms. The second-order valence-corrected chi connectivity index (χ2v) is 7.02. The normalized spacial score (nSPS) is 15.5. The molecule has 0 radical (unpaired) electrons. The van der Waals surface area contributed by atoms with Crippen LogP contribution in [-0.4, -0.2) is 52.8 Å². The number of urea groups is 1. The molecular weight excluding hydrogens is 362 g/mol. The lowest BCUT2D eigenvalue weighted by Crippen LogP contribution is -2.41. The van der Waals surface area contributed by atoms with E-state index in [-0.39, 0.29) is 19.1 Å². The van der Waals surface area contributed by atoms with Crippen LogP contribution in [0.1, 0.15) is 19.4 Å². The number of benzene rings is 1. The first kappa shape index (κ1) is 17.6. The predicted octanol–water partition coefficient (Wildman–Crippen LogP) is 2.29. The Hall–Kier alpha value is -1.73. The molecule has 23 heavy (non-hydrogen) atoms. The van der Waals surface area contributed by atoms with Gasteiger partial charge in [-0.05, 0) is 30.7 Å². The van der Waals surface area contributed by atoms with E-state index in [1.54, 1.807) is 7.05 Å². The number of halogens is 1. The van der Waals surface area contributed by atoms with Crippen LogP contribution in [0.5, 0.6) is 0 Å². The minimum atomic E-state index is -0.752. The monoisotopic (exact) mass is 381 g/mol. The highest BCUT2D eigenvalue weighted by molar-refractivity contribution is 9.10. The molecule has 2 rings (SSSR count). The van der Waals surface area contributed by atoms with E-state index in [1.807, 2.05) is 43.0 Å². The van der Waals surface area contributed by atoms with Gasteiger partial charge in [0.05, 0.1) is 6.67 Å². The molecule has 1 aromatic rings. The van der Waals surface area contributed by atoms with Gasteiger partial charge < -0.3 is 0 Å². The fourth-order valence-corrected chi connectivity index (χ4v) is 2.66. The largest absolute Gasteiger partial charge is 0.335 e. The third kappa shape index (κ3) is 4.17. The van der Waals surface area contributed by atoms with Crippen LogP contribution in [-0.2, 0) is 16.1 Å². The number of nitrogens with zero attached hydrogens (tertiary/aromatic N) is 3. The van der Waals surface area contributed by atoms with Crippen molar-refractivity contribution < 1.29 is 14.4 Å². The van der Waals surface area contributed by atoms with Gasteiger partial charge in [-0.15, -0.1) is 0 Å². The van der Waals surface area contributed by atoms with Crippen LogP contribution in [0.2, 0.25) is 0 Å². The molecule has 1 fully saturated rings. The summed E-state index contributed by atoms with van der Waals surface area (Å²) in [4.78, 5) is 40.1. The number of hydrogen-bond acceptors (Lipinski definition) is 4. The number of hydrogen-bond donors (Lipinski definition) is 0. The van der Waals surface area contributed by atoms with Gasteiger partial charge in [0.15, 0.2) is 0 Å². The van der Waals surface area contributed by atoms with Gasteiger partial charge in [-0.2, -0.15) is 0 Å². The lowest BCUT2D eigenvalue weighted by Gasteiger charge is -2.23. The molecule has 0 atom stereocenters. The quantitative estimate of drug-likeness (QED) is 0.560. The van der Waals surface area contributed by atoms with Crippen LogP contribution < -0.4 is 0 Å². The van der Waals surface area contributed by atoms with Crippen LogP contribution in [0.15, 0.2) is 28.7 Å². The third-order valence-electron chi connectivity index (χ3n) is 3.43. The van der Waals surface area contributed by atoms with E-state index in [0.29, 0.717) is 6.54 Å². The van der Waals surface area contributed by atoms with E-state index in [9.17, 15) is 14.4 Å². The Morgan fingerprint density at radius 3 is 2.17 bits per heavy atom. The Morgan fingerprint density at radius 1 is 1.04 bits per heavy atom. The molecule has 0 aliphatic carbocycles. The summed E-state index contributed by atoms with van der Waals surface area (Å²) in [5.74, 6) is -1.37. The van der Waals surface area contributed by atoms with Crippen molar-refractivity contribution in [3.8, 4) is 0 Å². The van der Waals surface area contributed by atoms with Crippen LogP contribution in [0.25, 0.3) is 0 Å². The maximum absolute atomic E-state index is 12.3. The molecule has 124 valence electrons. The lowest BCUT2D eigenvalue weighted by molar-refractivity contribution is -0.144. The van der Waals surface area contributed by atoms with Crippen molar-refractivity contribution in [1.29, 1.82) is 0 Å². The summed E-state index contributed by atoms with van der Waals surface area (Å²) in [7, 11) is 1.80. The molecule has 0 spiro atoms. The molecule has 1 heterocycles. The van der Waals surface area contributed by atoms with Gasteiger partial charge in [-0.3, -0.25) is 19.4 Å². The molecule has 1 aliphatic rings. The predicted molar refractivity (Wildman–Crippen MR) is 89.3 cm³/mol. The molecule has 1 saturated heterocycles. The van der Waals surface area contributed by atoms with Crippen LogP contribution >= 0.6 is 15.9 Å². The van der Waals surface area contributed by atoms with Crippen molar-refractivity contribution in [2.24, 2.45) is 5.92 Å². The first-order valence-electron chi connectivity index (χ1n) is 7.40. The highest BCUT2D eigenvalue weighted by Crippen LogP contribution is 2.16. The van der Waals surface area contributed by atoms with Gasteiger partial charge in [0.1, 0.15) is 0 Å². The van der Waals surface area contributed by atoms with E-state index in [1.165, 1.54) is 0 Å². The molecule has 1 aliphatic heterocycles. The smallest absolute Gasteiger partial charge is 0.284 e. The summed E-state index contributed by atoms with van der Waals surface area (Å²) in [5.41, 5.74) is 1.06. The minimum absolute atomic E-state index is 0.0913. The number of amides is 4. The van der Waals surface area contributed by atoms with E-state index in [0.717, 1.165) is 19.8 Å². The van der Waals surface area contributed by atoms with Gasteiger partial charge in [0.2, 0.25) is 0 Å². The molecule has 0 aromatic heterocycles. The zero-order valence-corrected chi connectivity index (χ0v) is 15.0. The minimum Gasteiger partial charge on any atom is -0.284 e. The van der Waals surface area contributed by atoms with Gasteiger partial charge in [0.25, 0.3) is 0 Å². The average molecular weight is 382 g/mol. The number of carbonyl (C=O) groups excluding carboxylic acids is 3. The maximum Gasteiger partial charge on any atom is 0.335 e. The molecule has 0 unspecified atom stereocenters. The molecular formula is C16H20BrN3O3. The third-order valence-corrected chi connectivity index (χ3v) is 3.96. The highest BCUT2D eigenvalue weighted by atomic mass is 79.9. The van der Waals surface area contributed by atoms with Crippen molar-refractivity contribution >= 4 is 33.8 Å². The van der Waals surface area contributed by atoms with Gasteiger partial charge in [-0.1, -0.05) is 41.9 Å². The summed E-state index contributed by atoms with van der Waals surface area (Å²) in [6.45, 7) is 4.72. The highest BCUT2D eigenvalue weighted by Gasteiger charge is 2.44. The van der Waals surface area contributed by atoms with Crippen LogP contribution in [0, 0.1) is 5.92 Å². The summed E-state index contributed by atoms with van der Waals surface area (Å²) in [5, 5.41) is 0. The van der Waals surface area contributed by atoms with Crippen LogP contribution in [0.3, 0.4) is 0 Å². The zero-order valence-electron chi connectivity index (χ0n) is 13.5. The SMILES string of the molecule is CC(C)CN1C(=O)C(=O)N(CN(C)Cc2ccc(Br)cc2)C1=O. The molecule has 0 bridgehead atoms. The van der Waals surface area contributed by atoms with E-state index >= 15 is 0 Å². The second-order valence-electron chi connectivity index (χ2n) is 6.11. The first-order chi connectivity index (χ1) is 10.8. The maximum atomic E-state index is 12.3. The van der Waals surface area contributed by atoms with Crippen molar-refractivity contribution in [2.45, 2.75) is 20.4 Å². The number of carbonyl (C=O) groups is 3. The summed E-state index contributed by atoms with van der Waals surface area (Å²) >= 11 is 3.38. The summed E-state index contributed by atoms with van der Waals surface area (Å²) < 4.78 is 0.990. The van der Waals surface area contributed by atoms with Crippen LogP contribution in [0.4, 0.5) is 4.79 Å². The fourth-order valence-electron chi connectivity index (χ4n) is 2.39. The standard InChI is InChI=1S/C16H20BrN3O3/c1-11(2)8-19-14(21)15(22)20(16(19)23)10-18(3)9-12-4-6-13(17)7-5-12/h4-7,11H,8-10H2,1-3H3. The van der Waals surface area contributed by atoms with Crippen molar-refractivity contribution in [1.82, 2.24) is 14.7 Å². The molecule has 0 saturated carbocycles. The van der Waals surface area contributed by atoms with Gasteiger partial charge in [-0.25, -0.2) is 9.69 Å². The lowest BCUT2D eigenvalue weighted by atomic mass is 10.2. The Morgan fingerprint density at radius 2 is 1.61 bits per heavy atom. The summed E-state index contributed by atoms with van der Waals surface area (Å²) in [6, 6.07) is 7.26. The fraction of sp³-hybridized carbons (Fsp3) is 0.438.